The Labute approximate surface area is 135 Å². The van der Waals surface area contributed by atoms with E-state index >= 15 is 0 Å². The van der Waals surface area contributed by atoms with Crippen LogP contribution in [0.2, 0.25) is 0 Å². The Morgan fingerprint density at radius 2 is 1.41 bits per heavy atom. The molecule has 0 aliphatic heterocycles. The zero-order chi connectivity index (χ0) is 16.1. The molecule has 0 amide bonds. The molecule has 0 N–H and O–H groups in total. The van der Waals surface area contributed by atoms with Gasteiger partial charge in [-0.3, -0.25) is 0 Å². The SMILES string of the molecule is C/C(F)=C(F)\C(=C/C(C)C)C1CCC(C2CCCCC2)CC1. The van der Waals surface area contributed by atoms with Crippen molar-refractivity contribution in [2.45, 2.75) is 78.6 Å². The van der Waals surface area contributed by atoms with Gasteiger partial charge >= 0.3 is 0 Å². The maximum Gasteiger partial charge on any atom is 0.157 e. The molecule has 0 unspecified atom stereocenters. The fourth-order valence-corrected chi connectivity index (χ4v) is 4.45. The van der Waals surface area contributed by atoms with E-state index in [4.69, 9.17) is 0 Å². The average Bonchev–Trinajstić information content (AvgIpc) is 2.53. The topological polar surface area (TPSA) is 0 Å². The van der Waals surface area contributed by atoms with Crippen molar-refractivity contribution < 1.29 is 8.78 Å². The van der Waals surface area contributed by atoms with Gasteiger partial charge in [-0.25, -0.2) is 8.78 Å². The largest absolute Gasteiger partial charge is 0.209 e. The summed E-state index contributed by atoms with van der Waals surface area (Å²) in [5.41, 5.74) is 0.636. The number of halogens is 2. The van der Waals surface area contributed by atoms with Crippen molar-refractivity contribution in [3.8, 4) is 0 Å². The lowest BCUT2D eigenvalue weighted by molar-refractivity contribution is 0.176. The van der Waals surface area contributed by atoms with Crippen molar-refractivity contribution in [1.82, 2.24) is 0 Å². The summed E-state index contributed by atoms with van der Waals surface area (Å²) in [6.07, 6.45) is 13.4. The Hall–Kier alpha value is -0.660. The van der Waals surface area contributed by atoms with E-state index in [2.05, 4.69) is 0 Å². The molecule has 0 bridgehead atoms. The monoisotopic (exact) mass is 310 g/mol. The Morgan fingerprint density at radius 3 is 1.91 bits per heavy atom. The van der Waals surface area contributed by atoms with Crippen molar-refractivity contribution in [1.29, 1.82) is 0 Å². The summed E-state index contributed by atoms with van der Waals surface area (Å²) in [6.45, 7) is 5.31. The van der Waals surface area contributed by atoms with E-state index in [1.54, 1.807) is 0 Å². The van der Waals surface area contributed by atoms with Crippen LogP contribution in [-0.4, -0.2) is 0 Å². The van der Waals surface area contributed by atoms with Crippen LogP contribution in [0, 0.1) is 23.7 Å². The zero-order valence-electron chi connectivity index (χ0n) is 14.5. The lowest BCUT2D eigenvalue weighted by atomic mass is 9.69. The zero-order valence-corrected chi connectivity index (χ0v) is 14.5. The minimum atomic E-state index is -0.665. The van der Waals surface area contributed by atoms with Crippen LogP contribution < -0.4 is 0 Å². The summed E-state index contributed by atoms with van der Waals surface area (Å²) in [5.74, 6) is 0.936. The molecule has 0 aromatic carbocycles. The highest BCUT2D eigenvalue weighted by molar-refractivity contribution is 5.30. The van der Waals surface area contributed by atoms with Crippen LogP contribution in [0.1, 0.15) is 78.6 Å². The van der Waals surface area contributed by atoms with Crippen molar-refractivity contribution in [3.63, 3.8) is 0 Å². The first-order valence-corrected chi connectivity index (χ1v) is 9.23. The molecule has 126 valence electrons. The maximum absolute atomic E-state index is 14.2. The second-order valence-corrected chi connectivity index (χ2v) is 7.72. The number of hydrogen-bond donors (Lipinski definition) is 0. The van der Waals surface area contributed by atoms with Gasteiger partial charge in [-0.05, 0) is 61.9 Å². The molecule has 2 heteroatoms. The van der Waals surface area contributed by atoms with E-state index in [1.807, 2.05) is 19.9 Å². The summed E-state index contributed by atoms with van der Waals surface area (Å²) < 4.78 is 27.6. The van der Waals surface area contributed by atoms with Crippen LogP contribution in [0.3, 0.4) is 0 Å². The molecule has 22 heavy (non-hydrogen) atoms. The molecule has 2 aliphatic rings. The molecule has 0 heterocycles. The smallest absolute Gasteiger partial charge is 0.157 e. The Kier molecular flexibility index (Phi) is 6.65. The van der Waals surface area contributed by atoms with E-state index in [0.717, 1.165) is 24.7 Å². The van der Waals surface area contributed by atoms with E-state index in [-0.39, 0.29) is 11.8 Å². The van der Waals surface area contributed by atoms with Gasteiger partial charge in [0.25, 0.3) is 0 Å². The number of allylic oxidation sites excluding steroid dienone is 4. The van der Waals surface area contributed by atoms with Crippen LogP contribution in [0.5, 0.6) is 0 Å². The van der Waals surface area contributed by atoms with E-state index in [9.17, 15) is 8.78 Å². The molecule has 0 atom stereocenters. The molecule has 0 aromatic heterocycles. The van der Waals surface area contributed by atoms with Gasteiger partial charge in [0, 0.05) is 0 Å². The normalized spacial score (nSPS) is 29.6. The molecule has 2 fully saturated rings. The third-order valence-corrected chi connectivity index (χ3v) is 5.60. The van der Waals surface area contributed by atoms with Crippen molar-refractivity contribution in [2.24, 2.45) is 23.7 Å². The minimum Gasteiger partial charge on any atom is -0.209 e. The van der Waals surface area contributed by atoms with Crippen molar-refractivity contribution >= 4 is 0 Å². The second-order valence-electron chi connectivity index (χ2n) is 7.72. The van der Waals surface area contributed by atoms with Gasteiger partial charge in [0.05, 0.1) is 0 Å². The van der Waals surface area contributed by atoms with Crippen LogP contribution in [-0.2, 0) is 0 Å². The highest BCUT2D eigenvalue weighted by atomic mass is 19.2. The van der Waals surface area contributed by atoms with Gasteiger partial charge in [0.1, 0.15) is 5.83 Å². The summed E-state index contributed by atoms with van der Waals surface area (Å²) >= 11 is 0. The van der Waals surface area contributed by atoms with Gasteiger partial charge < -0.3 is 0 Å². The minimum absolute atomic E-state index is 0.216. The molecule has 2 saturated carbocycles. The molecule has 2 aliphatic carbocycles. The van der Waals surface area contributed by atoms with Gasteiger partial charge in [-0.2, -0.15) is 0 Å². The van der Waals surface area contributed by atoms with E-state index in [0.29, 0.717) is 5.57 Å². The molecule has 0 nitrogen and oxygen atoms in total. The van der Waals surface area contributed by atoms with Crippen LogP contribution in [0.4, 0.5) is 8.78 Å². The lowest BCUT2D eigenvalue weighted by Crippen LogP contribution is -2.24. The highest BCUT2D eigenvalue weighted by Crippen LogP contribution is 2.43. The highest BCUT2D eigenvalue weighted by Gasteiger charge is 2.31. The Morgan fingerprint density at radius 1 is 0.864 bits per heavy atom. The van der Waals surface area contributed by atoms with Gasteiger partial charge in [-0.15, -0.1) is 0 Å². The van der Waals surface area contributed by atoms with E-state index < -0.39 is 11.7 Å². The summed E-state index contributed by atoms with van der Waals surface area (Å²) in [6, 6.07) is 0. The molecule has 0 saturated heterocycles. The maximum atomic E-state index is 14.2. The first-order chi connectivity index (χ1) is 10.5. The van der Waals surface area contributed by atoms with E-state index in [1.165, 1.54) is 51.9 Å². The summed E-state index contributed by atoms with van der Waals surface area (Å²) in [4.78, 5) is 0. The van der Waals surface area contributed by atoms with Gasteiger partial charge in [-0.1, -0.05) is 52.0 Å². The first kappa shape index (κ1) is 17.7. The van der Waals surface area contributed by atoms with Crippen molar-refractivity contribution in [3.05, 3.63) is 23.3 Å². The molecular formula is C20H32F2. The third kappa shape index (κ3) is 4.67. The predicted octanol–water partition coefficient (Wildman–Crippen LogP) is 7.13. The standard InChI is InChI=1S/C20H32F2/c1-14(2)13-19(20(22)15(3)21)18-11-9-17(10-12-18)16-7-5-4-6-8-16/h13-14,16-18H,4-12H2,1-3H3/b19-13-,20-15-. The number of rotatable bonds is 4. The third-order valence-electron chi connectivity index (χ3n) is 5.60. The number of hydrogen-bond acceptors (Lipinski definition) is 0. The molecule has 2 rings (SSSR count). The quantitative estimate of drug-likeness (QED) is 0.485. The molecule has 0 radical (unpaired) electrons. The Balaban J connectivity index is 2.00. The average molecular weight is 310 g/mol. The van der Waals surface area contributed by atoms with Crippen LogP contribution in [0.15, 0.2) is 23.3 Å². The molecular weight excluding hydrogens is 278 g/mol. The predicted molar refractivity (Wildman–Crippen MR) is 89.9 cm³/mol. The fourth-order valence-electron chi connectivity index (χ4n) is 4.45. The van der Waals surface area contributed by atoms with Crippen LogP contribution >= 0.6 is 0 Å². The van der Waals surface area contributed by atoms with Crippen molar-refractivity contribution in [2.75, 3.05) is 0 Å². The van der Waals surface area contributed by atoms with Crippen LogP contribution in [0.25, 0.3) is 0 Å². The summed E-state index contributed by atoms with van der Waals surface area (Å²) in [5, 5.41) is 0. The van der Waals surface area contributed by atoms with Gasteiger partial charge in [0.15, 0.2) is 5.83 Å². The molecule has 0 spiro atoms. The summed E-state index contributed by atoms with van der Waals surface area (Å²) in [7, 11) is 0. The molecule has 0 aromatic rings. The fraction of sp³-hybridized carbons (Fsp3) is 0.800. The lowest BCUT2D eigenvalue weighted by Gasteiger charge is -2.36. The second kappa shape index (κ2) is 8.26. The Bertz CT molecular complexity index is 401. The first-order valence-electron chi connectivity index (χ1n) is 9.23. The van der Waals surface area contributed by atoms with Gasteiger partial charge in [0.2, 0.25) is 0 Å².